The first-order chi connectivity index (χ1) is 8.81. The van der Waals surface area contributed by atoms with Crippen LogP contribution in [0.25, 0.3) is 0 Å². The number of ether oxygens (including phenoxy) is 1. The van der Waals surface area contributed by atoms with Crippen LogP contribution in [0.5, 0.6) is 0 Å². The molecule has 18 heavy (non-hydrogen) atoms. The maximum absolute atomic E-state index is 12.9. The van der Waals surface area contributed by atoms with E-state index in [0.717, 1.165) is 19.6 Å². The van der Waals surface area contributed by atoms with E-state index in [4.69, 9.17) is 4.74 Å². The van der Waals surface area contributed by atoms with Gasteiger partial charge in [-0.25, -0.2) is 4.39 Å². The van der Waals surface area contributed by atoms with Gasteiger partial charge in [0.15, 0.2) is 0 Å². The quantitative estimate of drug-likeness (QED) is 0.816. The van der Waals surface area contributed by atoms with E-state index in [2.05, 4.69) is 4.90 Å². The molecule has 2 atom stereocenters. The molecule has 0 bridgehead atoms. The van der Waals surface area contributed by atoms with Crippen molar-refractivity contribution in [2.24, 2.45) is 5.92 Å². The summed E-state index contributed by atoms with van der Waals surface area (Å²) in [5.74, 6) is 0.542. The first-order valence-corrected chi connectivity index (χ1v) is 6.91. The Balaban J connectivity index is 1.57. The average Bonchev–Trinajstić information content (AvgIpc) is 2.31. The van der Waals surface area contributed by atoms with Gasteiger partial charge in [0.25, 0.3) is 0 Å². The Morgan fingerprint density at radius 2 is 2.00 bits per heavy atom. The summed E-state index contributed by atoms with van der Waals surface area (Å²) in [6.07, 6.45) is 5.15. The molecule has 2 aliphatic rings. The van der Waals surface area contributed by atoms with E-state index in [1.54, 1.807) is 12.1 Å². The van der Waals surface area contributed by atoms with Crippen molar-refractivity contribution in [3.05, 3.63) is 35.6 Å². The zero-order valence-corrected chi connectivity index (χ0v) is 10.6. The van der Waals surface area contributed by atoms with Crippen LogP contribution in [0.1, 0.15) is 24.8 Å². The third-order valence-electron chi connectivity index (χ3n) is 4.07. The van der Waals surface area contributed by atoms with Crippen molar-refractivity contribution in [2.45, 2.75) is 31.9 Å². The van der Waals surface area contributed by atoms with E-state index in [1.807, 2.05) is 12.1 Å². The molecule has 2 heterocycles. The van der Waals surface area contributed by atoms with E-state index in [9.17, 15) is 4.39 Å². The minimum atomic E-state index is -0.146. The molecular formula is C15H20FNO. The number of likely N-dealkylation sites (tertiary alicyclic amines) is 1. The van der Waals surface area contributed by atoms with Gasteiger partial charge in [0.1, 0.15) is 12.0 Å². The van der Waals surface area contributed by atoms with Crippen molar-refractivity contribution in [3.63, 3.8) is 0 Å². The van der Waals surface area contributed by atoms with Crippen LogP contribution in [0.3, 0.4) is 0 Å². The highest BCUT2D eigenvalue weighted by molar-refractivity contribution is 5.16. The number of hydrogen-bond donors (Lipinski definition) is 0. The van der Waals surface area contributed by atoms with Gasteiger partial charge in [-0.3, -0.25) is 4.90 Å². The summed E-state index contributed by atoms with van der Waals surface area (Å²) in [5.41, 5.74) is 1.25. The maximum atomic E-state index is 12.9. The Bertz CT molecular complexity index is 388. The van der Waals surface area contributed by atoms with Crippen molar-refractivity contribution < 1.29 is 9.13 Å². The summed E-state index contributed by atoms with van der Waals surface area (Å²) in [6.45, 7) is 3.22. The van der Waals surface area contributed by atoms with Crippen LogP contribution >= 0.6 is 0 Å². The molecule has 0 radical (unpaired) electrons. The second-order valence-electron chi connectivity index (χ2n) is 5.45. The smallest absolute Gasteiger partial charge is 0.123 e. The highest BCUT2D eigenvalue weighted by Gasteiger charge is 2.30. The Morgan fingerprint density at radius 1 is 1.22 bits per heavy atom. The van der Waals surface area contributed by atoms with Crippen LogP contribution in [0, 0.1) is 11.7 Å². The monoisotopic (exact) mass is 249 g/mol. The van der Waals surface area contributed by atoms with Crippen LogP contribution in [0.15, 0.2) is 24.3 Å². The number of hydrogen-bond acceptors (Lipinski definition) is 2. The highest BCUT2D eigenvalue weighted by atomic mass is 19.1. The van der Waals surface area contributed by atoms with E-state index < -0.39 is 0 Å². The molecule has 2 aliphatic heterocycles. The van der Waals surface area contributed by atoms with Gasteiger partial charge >= 0.3 is 0 Å². The zero-order valence-electron chi connectivity index (χ0n) is 10.6. The van der Waals surface area contributed by atoms with Crippen molar-refractivity contribution >= 4 is 0 Å². The molecule has 1 aromatic rings. The lowest BCUT2D eigenvalue weighted by atomic mass is 9.91. The fourth-order valence-electron chi connectivity index (χ4n) is 2.99. The summed E-state index contributed by atoms with van der Waals surface area (Å²) in [6, 6.07) is 6.94. The van der Waals surface area contributed by atoms with Crippen molar-refractivity contribution in [1.29, 1.82) is 0 Å². The molecule has 1 unspecified atom stereocenters. The number of nitrogens with zero attached hydrogens (tertiary/aromatic N) is 1. The number of rotatable bonds is 3. The normalized spacial score (nSPS) is 28.9. The van der Waals surface area contributed by atoms with Gasteiger partial charge in [-0.2, -0.15) is 0 Å². The topological polar surface area (TPSA) is 12.5 Å². The zero-order chi connectivity index (χ0) is 12.4. The van der Waals surface area contributed by atoms with Crippen LogP contribution in [-0.2, 0) is 11.2 Å². The minimum Gasteiger partial charge on any atom is -0.363 e. The molecule has 0 amide bonds. The molecule has 1 aromatic carbocycles. The van der Waals surface area contributed by atoms with Gasteiger partial charge in [0, 0.05) is 19.5 Å². The summed E-state index contributed by atoms with van der Waals surface area (Å²) >= 11 is 0. The molecule has 2 saturated heterocycles. The minimum absolute atomic E-state index is 0.146. The summed E-state index contributed by atoms with van der Waals surface area (Å²) in [7, 11) is 0. The molecular weight excluding hydrogens is 229 g/mol. The van der Waals surface area contributed by atoms with Crippen LogP contribution in [0.2, 0.25) is 0 Å². The lowest BCUT2D eigenvalue weighted by molar-refractivity contribution is -0.154. The van der Waals surface area contributed by atoms with Crippen molar-refractivity contribution in [1.82, 2.24) is 4.90 Å². The van der Waals surface area contributed by atoms with Gasteiger partial charge in [-0.1, -0.05) is 12.1 Å². The van der Waals surface area contributed by atoms with E-state index in [1.165, 1.54) is 31.4 Å². The fourth-order valence-corrected chi connectivity index (χ4v) is 2.99. The number of halogens is 1. The molecule has 0 aliphatic carbocycles. The van der Waals surface area contributed by atoms with E-state index in [0.29, 0.717) is 12.1 Å². The molecule has 3 rings (SSSR count). The third-order valence-corrected chi connectivity index (χ3v) is 4.07. The Labute approximate surface area is 108 Å². The van der Waals surface area contributed by atoms with Crippen LogP contribution in [-0.4, -0.2) is 30.8 Å². The number of piperidine rings is 1. The number of benzene rings is 1. The van der Waals surface area contributed by atoms with Crippen molar-refractivity contribution in [2.75, 3.05) is 19.7 Å². The van der Waals surface area contributed by atoms with Gasteiger partial charge < -0.3 is 4.74 Å². The van der Waals surface area contributed by atoms with Gasteiger partial charge in [0.05, 0.1) is 6.61 Å². The molecule has 2 fully saturated rings. The second-order valence-corrected chi connectivity index (χ2v) is 5.45. The summed E-state index contributed by atoms with van der Waals surface area (Å²) < 4.78 is 18.4. The van der Waals surface area contributed by atoms with Gasteiger partial charge in [0.2, 0.25) is 0 Å². The standard InChI is InChI=1S/C15H20FNO/c16-14-5-3-12(4-6-14)10-13-2-1-8-17(11-13)15-7-9-18-15/h3-6,13,15H,1-2,7-11H2/t13?,15-/m0/s1. The Kier molecular flexibility index (Phi) is 3.62. The third kappa shape index (κ3) is 2.73. The molecule has 0 aromatic heterocycles. The fraction of sp³-hybridized carbons (Fsp3) is 0.600. The second kappa shape index (κ2) is 5.37. The van der Waals surface area contributed by atoms with Crippen molar-refractivity contribution in [3.8, 4) is 0 Å². The largest absolute Gasteiger partial charge is 0.363 e. The van der Waals surface area contributed by atoms with Crippen LogP contribution in [0.4, 0.5) is 4.39 Å². The first kappa shape index (κ1) is 12.1. The molecule has 0 saturated carbocycles. The van der Waals surface area contributed by atoms with Crippen LogP contribution < -0.4 is 0 Å². The van der Waals surface area contributed by atoms with Gasteiger partial charge in [-0.05, 0) is 42.9 Å². The van der Waals surface area contributed by atoms with E-state index in [-0.39, 0.29) is 5.82 Å². The maximum Gasteiger partial charge on any atom is 0.123 e. The Morgan fingerprint density at radius 3 is 2.67 bits per heavy atom. The molecule has 3 heteroatoms. The predicted molar refractivity (Wildman–Crippen MR) is 68.8 cm³/mol. The van der Waals surface area contributed by atoms with E-state index >= 15 is 0 Å². The van der Waals surface area contributed by atoms with Gasteiger partial charge in [-0.15, -0.1) is 0 Å². The lowest BCUT2D eigenvalue weighted by Gasteiger charge is -2.42. The summed E-state index contributed by atoms with van der Waals surface area (Å²) in [4.78, 5) is 2.47. The molecule has 98 valence electrons. The Hall–Kier alpha value is -0.930. The first-order valence-electron chi connectivity index (χ1n) is 6.91. The molecule has 2 nitrogen and oxygen atoms in total. The highest BCUT2D eigenvalue weighted by Crippen LogP contribution is 2.26. The summed E-state index contributed by atoms with van der Waals surface area (Å²) in [5, 5.41) is 0. The molecule has 0 N–H and O–H groups in total. The predicted octanol–water partition coefficient (Wildman–Crippen LogP) is 2.83. The lowest BCUT2D eigenvalue weighted by Crippen LogP contribution is -2.49. The SMILES string of the molecule is Fc1ccc(CC2CCCN([C@@H]3CCO3)C2)cc1. The average molecular weight is 249 g/mol. The molecule has 0 spiro atoms.